The molecule has 0 spiro atoms. The molecule has 1 heterocycles. The van der Waals surface area contributed by atoms with Gasteiger partial charge < -0.3 is 18.8 Å². The number of unbranched alkanes of at least 4 members (excludes halogenated alkanes) is 9. The SMILES string of the molecule is CCCCCCCCOc1ccc2c(OC/C=C(\C)CCC=C(C)C)c(OCCCC)c(=O)n(CCCCCC)c2c1. The van der Waals surface area contributed by atoms with E-state index in [1.165, 1.54) is 49.7 Å². The Balaban J connectivity index is 2.38. The van der Waals surface area contributed by atoms with Crippen molar-refractivity contribution in [1.29, 1.82) is 0 Å². The van der Waals surface area contributed by atoms with Crippen LogP contribution in [0.5, 0.6) is 17.2 Å². The lowest BCUT2D eigenvalue weighted by molar-refractivity contribution is 0.274. The molecule has 0 N–H and O–H groups in total. The molecular weight excluding hydrogens is 522 g/mol. The zero-order valence-corrected chi connectivity index (χ0v) is 27.7. The van der Waals surface area contributed by atoms with Crippen molar-refractivity contribution in [2.24, 2.45) is 0 Å². The molecule has 0 saturated heterocycles. The van der Waals surface area contributed by atoms with Gasteiger partial charge in [-0.1, -0.05) is 95.8 Å². The maximum Gasteiger partial charge on any atom is 0.297 e. The normalized spacial score (nSPS) is 11.6. The number of fused-ring (bicyclic) bond motifs is 1. The van der Waals surface area contributed by atoms with Gasteiger partial charge in [0.15, 0.2) is 5.75 Å². The molecule has 2 rings (SSSR count). The van der Waals surface area contributed by atoms with Gasteiger partial charge >= 0.3 is 0 Å². The number of aryl methyl sites for hydroxylation is 1. The van der Waals surface area contributed by atoms with Crippen LogP contribution in [0, 0.1) is 0 Å². The number of hydrogen-bond donors (Lipinski definition) is 0. The third kappa shape index (κ3) is 12.7. The van der Waals surface area contributed by atoms with Gasteiger partial charge in [0.05, 0.1) is 18.7 Å². The summed E-state index contributed by atoms with van der Waals surface area (Å²) < 4.78 is 20.6. The predicted octanol–water partition coefficient (Wildman–Crippen LogP) is 10.6. The second kappa shape index (κ2) is 21.1. The van der Waals surface area contributed by atoms with E-state index in [1.54, 1.807) is 0 Å². The number of ether oxygens (including phenoxy) is 3. The minimum atomic E-state index is -0.109. The van der Waals surface area contributed by atoms with E-state index in [9.17, 15) is 4.79 Å². The number of hydrogen-bond acceptors (Lipinski definition) is 4. The molecule has 0 aliphatic heterocycles. The predicted molar refractivity (Wildman–Crippen MR) is 180 cm³/mol. The Morgan fingerprint density at radius 3 is 2.12 bits per heavy atom. The Hall–Kier alpha value is -2.69. The van der Waals surface area contributed by atoms with Crippen molar-refractivity contribution in [3.8, 4) is 17.2 Å². The fourth-order valence-corrected chi connectivity index (χ4v) is 5.01. The highest BCUT2D eigenvalue weighted by Gasteiger charge is 2.20. The molecule has 0 atom stereocenters. The first kappa shape index (κ1) is 35.5. The number of benzene rings is 1. The fourth-order valence-electron chi connectivity index (χ4n) is 5.01. The van der Waals surface area contributed by atoms with E-state index in [0.29, 0.717) is 37.9 Å². The maximum atomic E-state index is 14.0. The van der Waals surface area contributed by atoms with Crippen LogP contribution in [0.1, 0.15) is 131 Å². The van der Waals surface area contributed by atoms with E-state index >= 15 is 0 Å². The van der Waals surface area contributed by atoms with Crippen LogP contribution in [-0.4, -0.2) is 24.4 Å². The molecule has 0 saturated carbocycles. The standard InChI is InChI=1S/C37H59NO4/c1-7-10-13-15-16-18-27-40-32-22-23-33-34(29-32)38(25-17-14-11-8-2)37(39)36(41-26-12-9-3)35(33)42-28-24-31(6)21-19-20-30(4)5/h20,22-24,29H,7-19,21,25-28H2,1-6H3/b31-24+. The summed E-state index contributed by atoms with van der Waals surface area (Å²) in [7, 11) is 0. The van der Waals surface area contributed by atoms with E-state index in [2.05, 4.69) is 53.7 Å². The smallest absolute Gasteiger partial charge is 0.297 e. The lowest BCUT2D eigenvalue weighted by Crippen LogP contribution is -2.24. The summed E-state index contributed by atoms with van der Waals surface area (Å²) in [6.07, 6.45) is 20.0. The summed E-state index contributed by atoms with van der Waals surface area (Å²) in [6.45, 7) is 15.2. The van der Waals surface area contributed by atoms with Crippen molar-refractivity contribution in [2.75, 3.05) is 19.8 Å². The first-order valence-corrected chi connectivity index (χ1v) is 16.8. The van der Waals surface area contributed by atoms with Crippen molar-refractivity contribution >= 4 is 10.9 Å². The van der Waals surface area contributed by atoms with Crippen LogP contribution >= 0.6 is 0 Å². The molecule has 0 radical (unpaired) electrons. The van der Waals surface area contributed by atoms with E-state index in [0.717, 1.165) is 68.0 Å². The molecule has 2 aromatic rings. The van der Waals surface area contributed by atoms with Crippen molar-refractivity contribution in [3.63, 3.8) is 0 Å². The first-order valence-electron chi connectivity index (χ1n) is 16.8. The Bertz CT molecular complexity index is 1160. The van der Waals surface area contributed by atoms with E-state index in [4.69, 9.17) is 14.2 Å². The van der Waals surface area contributed by atoms with Crippen LogP contribution in [0.3, 0.4) is 0 Å². The third-order valence-electron chi connectivity index (χ3n) is 7.65. The lowest BCUT2D eigenvalue weighted by Gasteiger charge is -2.19. The molecule has 236 valence electrons. The summed E-state index contributed by atoms with van der Waals surface area (Å²) >= 11 is 0. The molecule has 1 aromatic carbocycles. The van der Waals surface area contributed by atoms with Gasteiger partial charge in [-0.15, -0.1) is 0 Å². The molecule has 0 amide bonds. The van der Waals surface area contributed by atoms with Crippen LogP contribution in [0.4, 0.5) is 0 Å². The average molecular weight is 582 g/mol. The highest BCUT2D eigenvalue weighted by atomic mass is 16.5. The molecule has 0 bridgehead atoms. The average Bonchev–Trinajstić information content (AvgIpc) is 2.97. The van der Waals surface area contributed by atoms with Crippen LogP contribution < -0.4 is 19.8 Å². The van der Waals surface area contributed by atoms with Crippen molar-refractivity contribution in [2.45, 2.75) is 138 Å². The second-order valence-electron chi connectivity index (χ2n) is 11.9. The lowest BCUT2D eigenvalue weighted by atomic mass is 10.1. The highest BCUT2D eigenvalue weighted by molar-refractivity contribution is 5.89. The highest BCUT2D eigenvalue weighted by Crippen LogP contribution is 2.35. The Kier molecular flexibility index (Phi) is 17.8. The van der Waals surface area contributed by atoms with Crippen molar-refractivity contribution < 1.29 is 14.2 Å². The molecular formula is C37H59NO4. The van der Waals surface area contributed by atoms with Gasteiger partial charge in [0, 0.05) is 18.0 Å². The van der Waals surface area contributed by atoms with Crippen LogP contribution in [-0.2, 0) is 6.54 Å². The molecule has 0 fully saturated rings. The minimum Gasteiger partial charge on any atom is -0.494 e. The molecule has 1 aromatic heterocycles. The number of pyridine rings is 1. The third-order valence-corrected chi connectivity index (χ3v) is 7.65. The monoisotopic (exact) mass is 581 g/mol. The number of rotatable bonds is 23. The summed E-state index contributed by atoms with van der Waals surface area (Å²) in [4.78, 5) is 14.0. The van der Waals surface area contributed by atoms with Gasteiger partial charge in [-0.3, -0.25) is 4.79 Å². The number of aromatic nitrogens is 1. The summed E-state index contributed by atoms with van der Waals surface area (Å²) in [5, 5.41) is 0.902. The van der Waals surface area contributed by atoms with Gasteiger partial charge in [0.25, 0.3) is 5.56 Å². The summed E-state index contributed by atoms with van der Waals surface area (Å²) in [5.74, 6) is 1.69. The van der Waals surface area contributed by atoms with Crippen LogP contribution in [0.15, 0.2) is 46.3 Å². The second-order valence-corrected chi connectivity index (χ2v) is 11.9. The van der Waals surface area contributed by atoms with Crippen LogP contribution in [0.2, 0.25) is 0 Å². The van der Waals surface area contributed by atoms with E-state index < -0.39 is 0 Å². The van der Waals surface area contributed by atoms with E-state index in [1.807, 2.05) is 22.8 Å². The van der Waals surface area contributed by atoms with Crippen molar-refractivity contribution in [3.05, 3.63) is 51.9 Å². The molecule has 5 nitrogen and oxygen atoms in total. The zero-order valence-electron chi connectivity index (χ0n) is 27.7. The van der Waals surface area contributed by atoms with E-state index in [-0.39, 0.29) is 5.56 Å². The number of nitrogens with zero attached hydrogens (tertiary/aromatic N) is 1. The molecule has 0 aliphatic carbocycles. The van der Waals surface area contributed by atoms with Gasteiger partial charge in [-0.25, -0.2) is 0 Å². The molecule has 5 heteroatoms. The topological polar surface area (TPSA) is 49.7 Å². The molecule has 0 aliphatic rings. The molecule has 0 unspecified atom stereocenters. The van der Waals surface area contributed by atoms with Crippen LogP contribution in [0.25, 0.3) is 10.9 Å². The summed E-state index contributed by atoms with van der Waals surface area (Å²) in [5.41, 5.74) is 3.37. The fraction of sp³-hybridized carbons (Fsp3) is 0.649. The first-order chi connectivity index (χ1) is 20.4. The van der Waals surface area contributed by atoms with Gasteiger partial charge in [-0.05, 0) is 71.1 Å². The zero-order chi connectivity index (χ0) is 30.6. The largest absolute Gasteiger partial charge is 0.494 e. The minimum absolute atomic E-state index is 0.109. The molecule has 42 heavy (non-hydrogen) atoms. The Morgan fingerprint density at radius 2 is 1.40 bits per heavy atom. The maximum absolute atomic E-state index is 14.0. The summed E-state index contributed by atoms with van der Waals surface area (Å²) in [6, 6.07) is 6.08. The van der Waals surface area contributed by atoms with Gasteiger partial charge in [0.2, 0.25) is 5.75 Å². The Morgan fingerprint density at radius 1 is 0.738 bits per heavy atom. The Labute approximate surface area is 256 Å². The van der Waals surface area contributed by atoms with Gasteiger partial charge in [0.1, 0.15) is 12.4 Å². The van der Waals surface area contributed by atoms with Gasteiger partial charge in [-0.2, -0.15) is 0 Å². The number of allylic oxidation sites excluding steroid dienone is 3. The van der Waals surface area contributed by atoms with Crippen molar-refractivity contribution in [1.82, 2.24) is 4.57 Å². The quantitative estimate of drug-likeness (QED) is 0.0967.